The second-order valence-electron chi connectivity index (χ2n) is 10.6. The molecule has 0 saturated carbocycles. The summed E-state index contributed by atoms with van der Waals surface area (Å²) in [6.07, 6.45) is -3.88. The molecule has 244 valence electrons. The van der Waals surface area contributed by atoms with E-state index in [0.29, 0.717) is 22.9 Å². The SMILES string of the molecule is CCOC(=O)Cn1c2c(c3cc(F)ccc31)C[C@@H](N(CCOc1cccc(C(F)(F)F)c1)S(=O)(=O)c1ccc([N+](=O)[O-])cc1)CC2. The first kappa shape index (κ1) is 32.9. The second kappa shape index (κ2) is 13.1. The van der Waals surface area contributed by atoms with E-state index in [2.05, 4.69) is 0 Å². The van der Waals surface area contributed by atoms with Crippen LogP contribution in [0.2, 0.25) is 0 Å². The first-order chi connectivity index (χ1) is 21.8. The van der Waals surface area contributed by atoms with Crippen molar-refractivity contribution in [3.63, 3.8) is 0 Å². The fourth-order valence-electron chi connectivity index (χ4n) is 5.76. The fourth-order valence-corrected chi connectivity index (χ4v) is 7.39. The molecule has 4 aromatic rings. The zero-order valence-electron chi connectivity index (χ0n) is 24.5. The van der Waals surface area contributed by atoms with Crippen molar-refractivity contribution in [2.45, 2.75) is 49.8 Å². The van der Waals surface area contributed by atoms with Crippen LogP contribution in [0.3, 0.4) is 0 Å². The van der Waals surface area contributed by atoms with Gasteiger partial charge in [0.25, 0.3) is 5.69 Å². The van der Waals surface area contributed by atoms with Crippen molar-refractivity contribution in [2.75, 3.05) is 19.8 Å². The lowest BCUT2D eigenvalue weighted by Gasteiger charge is -2.34. The molecule has 3 aromatic carbocycles. The number of ether oxygens (including phenoxy) is 2. The Balaban J connectivity index is 1.49. The van der Waals surface area contributed by atoms with Crippen molar-refractivity contribution in [2.24, 2.45) is 0 Å². The maximum Gasteiger partial charge on any atom is 0.416 e. The molecule has 1 atom stereocenters. The van der Waals surface area contributed by atoms with Crippen LogP contribution in [0.5, 0.6) is 5.75 Å². The molecule has 0 aliphatic heterocycles. The van der Waals surface area contributed by atoms with Gasteiger partial charge in [-0.05, 0) is 80.3 Å². The number of carbonyl (C=O) groups excluding carboxylic acids is 1. The first-order valence-corrected chi connectivity index (χ1v) is 15.7. The van der Waals surface area contributed by atoms with Crippen LogP contribution in [0.25, 0.3) is 10.9 Å². The van der Waals surface area contributed by atoms with E-state index in [1.165, 1.54) is 28.6 Å². The molecule has 0 unspecified atom stereocenters. The molecule has 0 amide bonds. The second-order valence-corrected chi connectivity index (χ2v) is 12.5. The van der Waals surface area contributed by atoms with Gasteiger partial charge in [0.1, 0.15) is 24.7 Å². The number of nitro benzene ring substituents is 1. The number of rotatable bonds is 11. The number of carbonyl (C=O) groups is 1. The number of halogens is 4. The van der Waals surface area contributed by atoms with Crippen LogP contribution in [0.4, 0.5) is 23.2 Å². The Morgan fingerprint density at radius 1 is 1.11 bits per heavy atom. The van der Waals surface area contributed by atoms with Crippen molar-refractivity contribution < 1.29 is 45.2 Å². The highest BCUT2D eigenvalue weighted by Crippen LogP contribution is 2.36. The molecule has 1 aliphatic carbocycles. The number of sulfonamides is 1. The van der Waals surface area contributed by atoms with Crippen LogP contribution in [0.1, 0.15) is 30.2 Å². The van der Waals surface area contributed by atoms with Gasteiger partial charge in [-0.2, -0.15) is 17.5 Å². The van der Waals surface area contributed by atoms with Gasteiger partial charge >= 0.3 is 12.1 Å². The Morgan fingerprint density at radius 2 is 1.85 bits per heavy atom. The number of aromatic nitrogens is 1. The van der Waals surface area contributed by atoms with Gasteiger partial charge in [0.2, 0.25) is 10.0 Å². The molecule has 10 nitrogen and oxygen atoms in total. The summed E-state index contributed by atoms with van der Waals surface area (Å²) in [6, 6.07) is 12.0. The number of alkyl halides is 3. The molecule has 0 radical (unpaired) electrons. The Kier molecular flexibility index (Phi) is 9.35. The van der Waals surface area contributed by atoms with Crippen molar-refractivity contribution in [3.8, 4) is 5.75 Å². The van der Waals surface area contributed by atoms with Gasteiger partial charge in [-0.1, -0.05) is 6.07 Å². The molecule has 0 N–H and O–H groups in total. The van der Waals surface area contributed by atoms with Gasteiger partial charge in [-0.15, -0.1) is 0 Å². The van der Waals surface area contributed by atoms with E-state index >= 15 is 0 Å². The lowest BCUT2D eigenvalue weighted by atomic mass is 9.91. The van der Waals surface area contributed by atoms with E-state index in [-0.39, 0.29) is 55.5 Å². The van der Waals surface area contributed by atoms with E-state index in [1.807, 2.05) is 0 Å². The largest absolute Gasteiger partial charge is 0.492 e. The standard InChI is InChI=1S/C31H29F4N3O7S/c1-2-44-30(39)19-36-28-12-6-21(32)17-26(28)27-18-23(9-13-29(27)36)37(46(42,43)25-10-7-22(8-11-25)38(40)41)14-15-45-24-5-3-4-20(16-24)31(33,34)35/h3-8,10-12,16-17,23H,2,9,13-15,18-19H2,1H3/t23-/m0/s1. The van der Waals surface area contributed by atoms with Crippen LogP contribution in [0.15, 0.2) is 71.6 Å². The van der Waals surface area contributed by atoms with Crippen LogP contribution >= 0.6 is 0 Å². The van der Waals surface area contributed by atoms with Crippen molar-refractivity contribution in [1.82, 2.24) is 8.87 Å². The normalized spacial score (nSPS) is 15.1. The Hall–Kier alpha value is -4.50. The Bertz CT molecular complexity index is 1880. The van der Waals surface area contributed by atoms with Crippen molar-refractivity contribution in [1.29, 1.82) is 0 Å². The van der Waals surface area contributed by atoms with E-state index in [9.17, 15) is 40.9 Å². The zero-order valence-corrected chi connectivity index (χ0v) is 25.3. The molecule has 15 heteroatoms. The summed E-state index contributed by atoms with van der Waals surface area (Å²) < 4.78 is 95.7. The molecule has 0 spiro atoms. The summed E-state index contributed by atoms with van der Waals surface area (Å²) in [5.74, 6) is -1.11. The molecule has 0 bridgehead atoms. The van der Waals surface area contributed by atoms with Crippen LogP contribution in [-0.2, 0) is 45.1 Å². The summed E-state index contributed by atoms with van der Waals surface area (Å²) in [4.78, 5) is 22.7. The quantitative estimate of drug-likeness (QED) is 0.0849. The van der Waals surface area contributed by atoms with Crippen LogP contribution < -0.4 is 4.74 Å². The predicted octanol–water partition coefficient (Wildman–Crippen LogP) is 5.90. The average molecular weight is 664 g/mol. The third-order valence-electron chi connectivity index (χ3n) is 7.80. The first-order valence-electron chi connectivity index (χ1n) is 14.3. The molecular formula is C31H29F4N3O7S. The average Bonchev–Trinajstić information content (AvgIpc) is 3.30. The Morgan fingerprint density at radius 3 is 2.52 bits per heavy atom. The summed E-state index contributed by atoms with van der Waals surface area (Å²) >= 11 is 0. The van der Waals surface area contributed by atoms with E-state index < -0.39 is 44.5 Å². The minimum absolute atomic E-state index is 0.106. The third-order valence-corrected chi connectivity index (χ3v) is 9.76. The smallest absolute Gasteiger partial charge is 0.416 e. The highest BCUT2D eigenvalue weighted by molar-refractivity contribution is 7.89. The van der Waals surface area contributed by atoms with Crippen molar-refractivity contribution in [3.05, 3.63) is 99.5 Å². The van der Waals surface area contributed by atoms with Gasteiger partial charge in [-0.3, -0.25) is 14.9 Å². The molecule has 5 rings (SSSR count). The molecule has 1 heterocycles. The molecule has 1 aliphatic rings. The highest BCUT2D eigenvalue weighted by atomic mass is 32.2. The van der Waals surface area contributed by atoms with Gasteiger partial charge in [0.15, 0.2) is 0 Å². The monoisotopic (exact) mass is 663 g/mol. The number of hydrogen-bond acceptors (Lipinski definition) is 7. The molecule has 0 saturated heterocycles. The minimum Gasteiger partial charge on any atom is -0.492 e. The molecule has 46 heavy (non-hydrogen) atoms. The number of non-ortho nitro benzene ring substituents is 1. The van der Waals surface area contributed by atoms with Crippen LogP contribution in [0, 0.1) is 15.9 Å². The number of nitro groups is 1. The molecule has 0 fully saturated rings. The van der Waals surface area contributed by atoms with Gasteiger partial charge < -0.3 is 14.0 Å². The third kappa shape index (κ3) is 6.84. The summed E-state index contributed by atoms with van der Waals surface area (Å²) in [5, 5.41) is 11.7. The maximum atomic E-state index is 14.4. The predicted molar refractivity (Wildman–Crippen MR) is 158 cm³/mol. The van der Waals surface area contributed by atoms with E-state index in [0.717, 1.165) is 42.1 Å². The highest BCUT2D eigenvalue weighted by Gasteiger charge is 2.36. The number of fused-ring (bicyclic) bond motifs is 3. The molecule has 1 aromatic heterocycles. The summed E-state index contributed by atoms with van der Waals surface area (Å²) in [7, 11) is -4.32. The lowest BCUT2D eigenvalue weighted by Crippen LogP contribution is -2.45. The number of hydrogen-bond donors (Lipinski definition) is 0. The minimum atomic E-state index is -4.60. The van der Waals surface area contributed by atoms with E-state index in [1.54, 1.807) is 17.6 Å². The van der Waals surface area contributed by atoms with Crippen molar-refractivity contribution >= 4 is 32.6 Å². The van der Waals surface area contributed by atoms with Gasteiger partial charge in [-0.25, -0.2) is 12.8 Å². The van der Waals surface area contributed by atoms with E-state index in [4.69, 9.17) is 9.47 Å². The lowest BCUT2D eigenvalue weighted by molar-refractivity contribution is -0.384. The van der Waals surface area contributed by atoms with Crippen LogP contribution in [-0.4, -0.2) is 54.0 Å². The van der Waals surface area contributed by atoms with Gasteiger partial charge in [0, 0.05) is 41.3 Å². The summed E-state index contributed by atoms with van der Waals surface area (Å²) in [6.45, 7) is 1.15. The number of nitrogens with zero attached hydrogens (tertiary/aromatic N) is 3. The maximum absolute atomic E-state index is 14.4. The zero-order chi connectivity index (χ0) is 33.2. The fraction of sp³-hybridized carbons (Fsp3) is 0.323. The molecular weight excluding hydrogens is 634 g/mol. The summed E-state index contributed by atoms with van der Waals surface area (Å²) in [5.41, 5.74) is 0.733. The van der Waals surface area contributed by atoms with Gasteiger partial charge in [0.05, 0.1) is 22.0 Å². The number of esters is 1. The number of benzene rings is 3. The Labute approximate surface area is 261 Å². The topological polar surface area (TPSA) is 121 Å².